The zero-order chi connectivity index (χ0) is 29.6. The summed E-state index contributed by atoms with van der Waals surface area (Å²) >= 11 is 1.78. The average molecular weight is 591 g/mol. The molecule has 12 heteroatoms. The number of aromatic amines is 2. The maximum Gasteiger partial charge on any atom is 0.415 e. The second-order valence-electron chi connectivity index (χ2n) is 11.3. The highest BCUT2D eigenvalue weighted by Gasteiger charge is 2.44. The van der Waals surface area contributed by atoms with Crippen LogP contribution in [-0.4, -0.2) is 71.7 Å². The van der Waals surface area contributed by atoms with E-state index in [1.165, 1.54) is 21.4 Å². The summed E-state index contributed by atoms with van der Waals surface area (Å²) in [7, 11) is 0. The molecule has 222 valence electrons. The fourth-order valence-corrected chi connectivity index (χ4v) is 7.55. The Labute approximate surface area is 240 Å². The lowest BCUT2D eigenvalue weighted by Crippen LogP contribution is -2.58. The highest BCUT2D eigenvalue weighted by atomic mass is 32.1. The van der Waals surface area contributed by atoms with E-state index in [0.29, 0.717) is 24.5 Å². The lowest BCUT2D eigenvalue weighted by Gasteiger charge is -2.37. The molecule has 0 saturated carbocycles. The summed E-state index contributed by atoms with van der Waals surface area (Å²) in [6, 6.07) is -0.740. The van der Waals surface area contributed by atoms with E-state index < -0.39 is 24.9 Å². The van der Waals surface area contributed by atoms with Crippen molar-refractivity contribution in [1.29, 1.82) is 5.41 Å². The zero-order valence-electron chi connectivity index (χ0n) is 24.0. The summed E-state index contributed by atoms with van der Waals surface area (Å²) in [6.45, 7) is 11.2. The summed E-state index contributed by atoms with van der Waals surface area (Å²) in [5.74, 6) is 0.415. The molecule has 5 rings (SSSR count). The first-order valence-electron chi connectivity index (χ1n) is 14.0. The number of carbonyl (C=O) groups excluding carboxylic acids is 1. The Morgan fingerprint density at radius 3 is 2.49 bits per heavy atom. The van der Waals surface area contributed by atoms with Gasteiger partial charge in [-0.1, -0.05) is 13.8 Å². The highest BCUT2D eigenvalue weighted by Crippen LogP contribution is 2.46. The standard InChI is InChI=1S/C29H37F3N6O2S/c1-14(2)22-23-17(5)25(41-27(23)37-24(22)19-10-35-26(36-13-33)16(4)15(19)3)18-6-8-38(9-7-18)28(39)20-12-40-21(11-34-20)29(30,31)32/h10,13-14,18,20-21,34,37H,6-9,11-12H2,1-5H3,(H2,33,35,36)/t20-,21-/m1/s1. The molecule has 2 aliphatic rings. The van der Waals surface area contributed by atoms with Gasteiger partial charge >= 0.3 is 6.18 Å². The van der Waals surface area contributed by atoms with E-state index in [-0.39, 0.29) is 18.4 Å². The van der Waals surface area contributed by atoms with E-state index in [2.05, 4.69) is 48.0 Å². The number of carbonyl (C=O) groups is 1. The van der Waals surface area contributed by atoms with Crippen molar-refractivity contribution < 1.29 is 22.7 Å². The number of piperidine rings is 1. The van der Waals surface area contributed by atoms with Gasteiger partial charge in [-0.2, -0.15) is 13.2 Å². The van der Waals surface area contributed by atoms with Gasteiger partial charge in [-0.3, -0.25) is 10.2 Å². The maximum absolute atomic E-state index is 13.0. The van der Waals surface area contributed by atoms with Gasteiger partial charge in [-0.15, -0.1) is 11.3 Å². The van der Waals surface area contributed by atoms with E-state index in [1.807, 2.05) is 13.1 Å². The number of likely N-dealkylation sites (tertiary alicyclic amines) is 1. The third-order valence-electron chi connectivity index (χ3n) is 8.53. The number of fused-ring (bicyclic) bond motifs is 1. The van der Waals surface area contributed by atoms with Crippen molar-refractivity contribution in [3.63, 3.8) is 0 Å². The summed E-state index contributed by atoms with van der Waals surface area (Å²) in [5.41, 5.74) is 7.55. The van der Waals surface area contributed by atoms with Crippen molar-refractivity contribution in [1.82, 2.24) is 20.2 Å². The molecule has 2 saturated heterocycles. The summed E-state index contributed by atoms with van der Waals surface area (Å²) in [6.07, 6.45) is -1.68. The number of alkyl halides is 3. The maximum atomic E-state index is 13.0. The van der Waals surface area contributed by atoms with Crippen LogP contribution in [0.1, 0.15) is 65.7 Å². The largest absolute Gasteiger partial charge is 0.415 e. The average Bonchev–Trinajstić information content (AvgIpc) is 3.47. The molecule has 0 radical (unpaired) electrons. The Bertz CT molecular complexity index is 1520. The smallest absolute Gasteiger partial charge is 0.365 e. The van der Waals surface area contributed by atoms with Crippen LogP contribution in [-0.2, 0) is 9.53 Å². The van der Waals surface area contributed by atoms with Gasteiger partial charge in [0, 0.05) is 41.7 Å². The van der Waals surface area contributed by atoms with Gasteiger partial charge in [0.1, 0.15) is 22.7 Å². The topological polar surface area (TPSA) is 109 Å². The van der Waals surface area contributed by atoms with Crippen molar-refractivity contribution in [3.05, 3.63) is 38.8 Å². The minimum Gasteiger partial charge on any atom is -0.365 e. The number of aromatic nitrogens is 2. The van der Waals surface area contributed by atoms with Crippen molar-refractivity contribution in [2.45, 2.75) is 77.6 Å². The van der Waals surface area contributed by atoms with Gasteiger partial charge in [0.2, 0.25) is 5.91 Å². The van der Waals surface area contributed by atoms with E-state index >= 15 is 0 Å². The Hall–Kier alpha value is -2.96. The molecule has 41 heavy (non-hydrogen) atoms. The number of thiophene rings is 1. The molecule has 8 nitrogen and oxygen atoms in total. The van der Waals surface area contributed by atoms with Crippen LogP contribution in [0.3, 0.4) is 0 Å². The molecule has 1 amide bonds. The molecule has 2 fully saturated rings. The second-order valence-corrected chi connectivity index (χ2v) is 12.4. The molecule has 3 aromatic rings. The van der Waals surface area contributed by atoms with Crippen molar-refractivity contribution in [2.75, 3.05) is 26.2 Å². The summed E-state index contributed by atoms with van der Waals surface area (Å²) in [5, 5.41) is 11.3. The molecule has 5 heterocycles. The zero-order valence-corrected chi connectivity index (χ0v) is 24.8. The van der Waals surface area contributed by atoms with Gasteiger partial charge in [0.25, 0.3) is 0 Å². The SMILES string of the molecule is Cc1c(-c2[nH]c3sc(C4CCN(C(=O)[C@H]5CO[C@@H](C(F)(F)F)CN5)CC4)c(C)c3c2C(C)C)c[nH]/c(=N\C=N)c1C. The molecule has 0 spiro atoms. The van der Waals surface area contributed by atoms with Crippen LogP contribution in [0.15, 0.2) is 11.2 Å². The molecule has 0 aromatic carbocycles. The van der Waals surface area contributed by atoms with Gasteiger partial charge in [-0.25, -0.2) is 4.99 Å². The molecule has 0 unspecified atom stereocenters. The number of ether oxygens (including phenoxy) is 1. The first-order chi connectivity index (χ1) is 19.4. The van der Waals surface area contributed by atoms with E-state index in [4.69, 9.17) is 10.1 Å². The summed E-state index contributed by atoms with van der Waals surface area (Å²) < 4.78 is 43.6. The summed E-state index contributed by atoms with van der Waals surface area (Å²) in [4.78, 5) is 28.3. The highest BCUT2D eigenvalue weighted by molar-refractivity contribution is 7.19. The normalized spacial score (nSPS) is 21.3. The minimum atomic E-state index is -4.43. The number of nitrogens with one attached hydrogen (secondary N) is 4. The number of amides is 1. The van der Waals surface area contributed by atoms with Crippen LogP contribution >= 0.6 is 11.3 Å². The van der Waals surface area contributed by atoms with Gasteiger partial charge in [0.05, 0.1) is 12.3 Å². The van der Waals surface area contributed by atoms with Crippen LogP contribution in [0.4, 0.5) is 13.2 Å². The molecule has 2 aliphatic heterocycles. The number of halogens is 3. The Morgan fingerprint density at radius 1 is 1.20 bits per heavy atom. The van der Waals surface area contributed by atoms with Crippen molar-refractivity contribution in [3.8, 4) is 11.3 Å². The van der Waals surface area contributed by atoms with Gasteiger partial charge in [-0.05, 0) is 67.7 Å². The first-order valence-corrected chi connectivity index (χ1v) is 14.8. The lowest BCUT2D eigenvalue weighted by molar-refractivity contribution is -0.229. The third kappa shape index (κ3) is 5.49. The van der Waals surface area contributed by atoms with Crippen LogP contribution in [0, 0.1) is 26.2 Å². The first kappa shape index (κ1) is 29.5. The number of H-pyrrole nitrogens is 2. The fraction of sp³-hybridized carbons (Fsp3) is 0.552. The number of morpholine rings is 1. The molecular formula is C29H37F3N6O2S. The van der Waals surface area contributed by atoms with Crippen LogP contribution in [0.2, 0.25) is 0 Å². The third-order valence-corrected chi connectivity index (χ3v) is 9.90. The number of rotatable bonds is 5. The number of hydrogen-bond donors (Lipinski definition) is 4. The van der Waals surface area contributed by atoms with Crippen LogP contribution in [0.25, 0.3) is 21.5 Å². The molecule has 0 bridgehead atoms. The van der Waals surface area contributed by atoms with Crippen LogP contribution in [0.5, 0.6) is 0 Å². The number of aryl methyl sites for hydroxylation is 1. The van der Waals surface area contributed by atoms with E-state index in [0.717, 1.165) is 46.4 Å². The predicted molar refractivity (Wildman–Crippen MR) is 155 cm³/mol. The number of hydrogen-bond acceptors (Lipinski definition) is 5. The Balaban J connectivity index is 1.34. The van der Waals surface area contributed by atoms with Crippen molar-refractivity contribution in [2.24, 2.45) is 4.99 Å². The number of nitrogens with zero attached hydrogens (tertiary/aromatic N) is 2. The van der Waals surface area contributed by atoms with Crippen LogP contribution < -0.4 is 10.8 Å². The predicted octanol–water partition coefficient (Wildman–Crippen LogP) is 5.41. The second kappa shape index (κ2) is 11.4. The molecular weight excluding hydrogens is 553 g/mol. The van der Waals surface area contributed by atoms with Crippen molar-refractivity contribution >= 4 is 33.8 Å². The molecule has 4 N–H and O–H groups in total. The molecule has 2 atom stereocenters. The fourth-order valence-electron chi connectivity index (χ4n) is 6.15. The molecule has 3 aromatic heterocycles. The van der Waals surface area contributed by atoms with E-state index in [9.17, 15) is 18.0 Å². The monoisotopic (exact) mass is 590 g/mol. The quantitative estimate of drug-likeness (QED) is 0.236. The number of pyridine rings is 1. The van der Waals surface area contributed by atoms with Gasteiger partial charge < -0.3 is 24.9 Å². The molecule has 0 aliphatic carbocycles. The Kier molecular flexibility index (Phi) is 8.19. The van der Waals surface area contributed by atoms with Gasteiger partial charge in [0.15, 0.2) is 6.10 Å². The minimum absolute atomic E-state index is 0.187. The Morgan fingerprint density at radius 2 is 1.90 bits per heavy atom. The lowest BCUT2D eigenvalue weighted by atomic mass is 9.89. The van der Waals surface area contributed by atoms with E-state index in [1.54, 1.807) is 16.2 Å².